The number of ether oxygens (including phenoxy) is 3. The largest absolute Gasteiger partial charge is 0.454 e. The van der Waals surface area contributed by atoms with Gasteiger partial charge in [-0.25, -0.2) is 0 Å². The van der Waals surface area contributed by atoms with Crippen LogP contribution in [0.1, 0.15) is 29.4 Å². The van der Waals surface area contributed by atoms with Crippen LogP contribution < -0.4 is 14.8 Å². The van der Waals surface area contributed by atoms with Crippen LogP contribution in [-0.4, -0.2) is 30.6 Å². The van der Waals surface area contributed by atoms with Crippen molar-refractivity contribution in [2.45, 2.75) is 25.9 Å². The number of fused-ring (bicyclic) bond motifs is 1. The highest BCUT2D eigenvalue weighted by atomic mass is 35.5. The molecule has 9 heteroatoms. The molecule has 0 saturated heterocycles. The minimum absolute atomic E-state index is 0.00776. The third-order valence-corrected chi connectivity index (χ3v) is 4.99. The number of amides is 1. The fourth-order valence-electron chi connectivity index (χ4n) is 2.33. The molecule has 0 aliphatic carbocycles. The van der Waals surface area contributed by atoms with Crippen molar-refractivity contribution in [2.75, 3.05) is 12.1 Å². The zero-order valence-electron chi connectivity index (χ0n) is 14.3. The second-order valence-corrected chi connectivity index (χ2v) is 7.43. The number of halogens is 1. The van der Waals surface area contributed by atoms with Crippen molar-refractivity contribution < 1.29 is 28.6 Å². The van der Waals surface area contributed by atoms with Crippen molar-refractivity contribution in [3.63, 3.8) is 0 Å². The number of hydrogen-bond acceptors (Lipinski definition) is 7. The fraction of sp³-hybridized carbons (Fsp3) is 0.278. The van der Waals surface area contributed by atoms with Gasteiger partial charge in [0.2, 0.25) is 6.79 Å². The van der Waals surface area contributed by atoms with E-state index >= 15 is 0 Å². The second-order valence-electron chi connectivity index (χ2n) is 5.72. The number of nitrogens with one attached hydrogen (secondary N) is 1. The number of carbonyl (C=O) groups excluding carboxylic acids is 3. The Morgan fingerprint density at radius 3 is 2.70 bits per heavy atom. The Kier molecular flexibility index (Phi) is 5.98. The van der Waals surface area contributed by atoms with Gasteiger partial charge >= 0.3 is 5.97 Å². The molecule has 2 heterocycles. The molecule has 1 atom stereocenters. The maximum atomic E-state index is 12.2. The van der Waals surface area contributed by atoms with Gasteiger partial charge < -0.3 is 19.5 Å². The molecule has 1 aromatic carbocycles. The molecule has 27 heavy (non-hydrogen) atoms. The summed E-state index contributed by atoms with van der Waals surface area (Å²) >= 11 is 6.94. The average Bonchev–Trinajstić information content (AvgIpc) is 3.27. The Bertz CT molecular complexity index is 880. The number of benzene rings is 1. The molecule has 0 unspecified atom stereocenters. The summed E-state index contributed by atoms with van der Waals surface area (Å²) in [5.74, 6) is -0.173. The molecule has 0 spiro atoms. The minimum Gasteiger partial charge on any atom is -0.454 e. The third kappa shape index (κ3) is 4.99. The van der Waals surface area contributed by atoms with E-state index in [-0.39, 0.29) is 25.4 Å². The lowest BCUT2D eigenvalue weighted by atomic mass is 10.2. The van der Waals surface area contributed by atoms with Crippen LogP contribution in [0.4, 0.5) is 5.69 Å². The predicted octanol–water partition coefficient (Wildman–Crippen LogP) is 3.66. The number of carbonyl (C=O) groups is 3. The van der Waals surface area contributed by atoms with Crippen LogP contribution in [0.2, 0.25) is 4.34 Å². The van der Waals surface area contributed by atoms with Gasteiger partial charge in [-0.15, -0.1) is 11.3 Å². The molecule has 1 amide bonds. The lowest BCUT2D eigenvalue weighted by Gasteiger charge is -2.13. The van der Waals surface area contributed by atoms with Crippen LogP contribution in [0, 0.1) is 0 Å². The van der Waals surface area contributed by atoms with E-state index in [4.69, 9.17) is 25.8 Å². The first-order chi connectivity index (χ1) is 12.9. The standard InChI is InChI=1S/C18H16ClNO6S/c1-10(18(23)20-11-2-4-13-14(8-11)25-9-24-13)26-17(22)7-3-12(21)15-5-6-16(19)27-15/h2,4-6,8,10H,3,7,9H2,1H3,(H,20,23)/t10-/m1/s1. The minimum atomic E-state index is -1.01. The summed E-state index contributed by atoms with van der Waals surface area (Å²) in [5.41, 5.74) is 0.497. The van der Waals surface area contributed by atoms with Gasteiger partial charge in [0.05, 0.1) is 15.6 Å². The molecular weight excluding hydrogens is 394 g/mol. The molecular formula is C18H16ClNO6S. The van der Waals surface area contributed by atoms with Crippen molar-refractivity contribution >= 4 is 46.3 Å². The summed E-state index contributed by atoms with van der Waals surface area (Å²) in [6.07, 6.45) is -1.13. The van der Waals surface area contributed by atoms with E-state index in [0.717, 1.165) is 11.3 Å². The summed E-state index contributed by atoms with van der Waals surface area (Å²) in [6.45, 7) is 1.60. The summed E-state index contributed by atoms with van der Waals surface area (Å²) in [5, 5.41) is 2.64. The molecule has 3 rings (SSSR count). The molecule has 0 radical (unpaired) electrons. The first kappa shape index (κ1) is 19.2. The molecule has 1 aliphatic heterocycles. The number of Topliss-reactive ketones (excluding diaryl/α,β-unsaturated/α-hetero) is 1. The predicted molar refractivity (Wildman–Crippen MR) is 99.6 cm³/mol. The van der Waals surface area contributed by atoms with Gasteiger partial charge in [-0.1, -0.05) is 11.6 Å². The van der Waals surface area contributed by atoms with Crippen LogP contribution in [-0.2, 0) is 14.3 Å². The SMILES string of the molecule is C[C@@H](OC(=O)CCC(=O)c1ccc(Cl)s1)C(=O)Nc1ccc2c(c1)OCO2. The van der Waals surface area contributed by atoms with Gasteiger partial charge in [-0.05, 0) is 31.2 Å². The Morgan fingerprint density at radius 2 is 1.96 bits per heavy atom. The zero-order chi connectivity index (χ0) is 19.4. The van der Waals surface area contributed by atoms with Crippen molar-refractivity contribution in [1.29, 1.82) is 0 Å². The molecule has 0 saturated carbocycles. The molecule has 1 N–H and O–H groups in total. The Balaban J connectivity index is 1.46. The van der Waals surface area contributed by atoms with E-state index in [0.29, 0.717) is 26.4 Å². The number of rotatable bonds is 7. The Hall–Kier alpha value is -2.58. The van der Waals surface area contributed by atoms with E-state index in [1.54, 1.807) is 30.3 Å². The third-order valence-electron chi connectivity index (χ3n) is 3.72. The van der Waals surface area contributed by atoms with Gasteiger partial charge in [-0.3, -0.25) is 14.4 Å². The summed E-state index contributed by atoms with van der Waals surface area (Å²) in [7, 11) is 0. The van der Waals surface area contributed by atoms with Gasteiger partial charge in [0.25, 0.3) is 5.91 Å². The van der Waals surface area contributed by atoms with Gasteiger partial charge in [-0.2, -0.15) is 0 Å². The second kappa shape index (κ2) is 8.41. The van der Waals surface area contributed by atoms with Crippen LogP contribution in [0.3, 0.4) is 0 Å². The van der Waals surface area contributed by atoms with Crippen molar-refractivity contribution in [1.82, 2.24) is 0 Å². The number of esters is 1. The molecule has 142 valence electrons. The highest BCUT2D eigenvalue weighted by molar-refractivity contribution is 7.18. The van der Waals surface area contributed by atoms with Crippen LogP contribution in [0.15, 0.2) is 30.3 Å². The van der Waals surface area contributed by atoms with E-state index in [1.807, 2.05) is 0 Å². The van der Waals surface area contributed by atoms with Gasteiger partial charge in [0.1, 0.15) is 0 Å². The topological polar surface area (TPSA) is 90.9 Å². The van der Waals surface area contributed by atoms with E-state index in [2.05, 4.69) is 5.32 Å². The van der Waals surface area contributed by atoms with Crippen molar-refractivity contribution in [3.05, 3.63) is 39.5 Å². The molecule has 1 aromatic heterocycles. The van der Waals surface area contributed by atoms with Crippen LogP contribution in [0.5, 0.6) is 11.5 Å². The summed E-state index contributed by atoms with van der Waals surface area (Å²) < 4.78 is 16.0. The lowest BCUT2D eigenvalue weighted by Crippen LogP contribution is -2.30. The Labute approximate surface area is 164 Å². The first-order valence-electron chi connectivity index (χ1n) is 8.11. The van der Waals surface area contributed by atoms with Gasteiger partial charge in [0, 0.05) is 18.2 Å². The molecule has 2 aromatic rings. The van der Waals surface area contributed by atoms with E-state index in [9.17, 15) is 14.4 Å². The Morgan fingerprint density at radius 1 is 1.19 bits per heavy atom. The van der Waals surface area contributed by atoms with Crippen molar-refractivity contribution in [3.8, 4) is 11.5 Å². The summed E-state index contributed by atoms with van der Waals surface area (Å²) in [4.78, 5) is 36.5. The maximum absolute atomic E-state index is 12.2. The molecule has 0 fully saturated rings. The zero-order valence-corrected chi connectivity index (χ0v) is 15.9. The fourth-order valence-corrected chi connectivity index (χ4v) is 3.34. The maximum Gasteiger partial charge on any atom is 0.307 e. The highest BCUT2D eigenvalue weighted by Gasteiger charge is 2.20. The van der Waals surface area contributed by atoms with E-state index < -0.39 is 18.0 Å². The normalized spacial score (nSPS) is 13.1. The van der Waals surface area contributed by atoms with Crippen LogP contribution in [0.25, 0.3) is 0 Å². The summed E-state index contributed by atoms with van der Waals surface area (Å²) in [6, 6.07) is 8.20. The molecule has 7 nitrogen and oxygen atoms in total. The van der Waals surface area contributed by atoms with Gasteiger partial charge in [0.15, 0.2) is 23.4 Å². The first-order valence-corrected chi connectivity index (χ1v) is 9.30. The average molecular weight is 410 g/mol. The van der Waals surface area contributed by atoms with Crippen LogP contribution >= 0.6 is 22.9 Å². The molecule has 1 aliphatic rings. The smallest absolute Gasteiger partial charge is 0.307 e. The number of ketones is 1. The van der Waals surface area contributed by atoms with E-state index in [1.165, 1.54) is 6.92 Å². The number of thiophene rings is 1. The monoisotopic (exact) mass is 409 g/mol. The highest BCUT2D eigenvalue weighted by Crippen LogP contribution is 2.34. The molecule has 0 bridgehead atoms. The quantitative estimate of drug-likeness (QED) is 0.554. The van der Waals surface area contributed by atoms with Crippen molar-refractivity contribution in [2.24, 2.45) is 0 Å². The lowest BCUT2D eigenvalue weighted by molar-refractivity contribution is -0.153. The number of anilines is 1. The number of hydrogen-bond donors (Lipinski definition) is 1.